The smallest absolute Gasteiger partial charge is 0.349 e. The molecular formula is C22H47NO5S. The molecule has 0 spiro atoms. The van der Waals surface area contributed by atoms with Crippen LogP contribution in [0.2, 0.25) is 0 Å². The summed E-state index contributed by atoms with van der Waals surface area (Å²) in [6, 6.07) is 0. The minimum Gasteiger partial charge on any atom is -0.349 e. The molecule has 0 radical (unpaired) electrons. The quantitative estimate of drug-likeness (QED) is 0.205. The molecule has 0 aliphatic rings. The number of nitrogens with zero attached hydrogens (tertiary/aromatic N) is 1. The summed E-state index contributed by atoms with van der Waals surface area (Å²) in [6.45, 7) is 3.72. The molecule has 0 aliphatic carbocycles. The molecule has 0 aromatic rings. The van der Waals surface area contributed by atoms with Gasteiger partial charge in [0.15, 0.2) is 0 Å². The predicted molar refractivity (Wildman–Crippen MR) is 121 cm³/mol. The summed E-state index contributed by atoms with van der Waals surface area (Å²) in [5, 5.41) is 0. The van der Waals surface area contributed by atoms with E-state index in [0.29, 0.717) is 0 Å². The van der Waals surface area contributed by atoms with E-state index in [2.05, 4.69) is 11.1 Å². The van der Waals surface area contributed by atoms with Crippen molar-refractivity contribution in [3.8, 4) is 0 Å². The Morgan fingerprint density at radius 2 is 1.07 bits per heavy atom. The topological polar surface area (TPSA) is 83.9 Å². The number of hydrogen-bond acceptors (Lipinski definition) is 4. The maximum Gasteiger partial charge on any atom is 0.397 e. The maximum atomic E-state index is 11.4. The molecule has 0 rings (SSSR count). The van der Waals surface area contributed by atoms with E-state index >= 15 is 0 Å². The SMILES string of the molecule is CCCCCCCCCCCCCCCCCC(=O)N(C)C.CCOS(=O)(=O)O. The van der Waals surface area contributed by atoms with Crippen LogP contribution in [-0.2, 0) is 19.4 Å². The van der Waals surface area contributed by atoms with Crippen LogP contribution in [0.1, 0.15) is 117 Å². The molecule has 29 heavy (non-hydrogen) atoms. The Labute approximate surface area is 180 Å². The van der Waals surface area contributed by atoms with Crippen molar-refractivity contribution in [1.29, 1.82) is 0 Å². The standard InChI is InChI=1S/C20H41NO.C2H6O4S/c1-4-5-6-7-8-9-10-11-12-13-14-15-16-17-18-19-20(22)21(2)3;1-2-6-7(3,4)5/h4-19H2,1-3H3;2H2,1H3,(H,3,4,5). The summed E-state index contributed by atoms with van der Waals surface area (Å²) in [5.41, 5.74) is 0. The molecule has 176 valence electrons. The van der Waals surface area contributed by atoms with Crippen LogP contribution in [0, 0.1) is 0 Å². The zero-order valence-electron chi connectivity index (χ0n) is 19.5. The van der Waals surface area contributed by atoms with Gasteiger partial charge in [-0.1, -0.05) is 96.8 Å². The van der Waals surface area contributed by atoms with Crippen LogP contribution in [-0.4, -0.2) is 44.5 Å². The average Bonchev–Trinajstić information content (AvgIpc) is 2.64. The zero-order chi connectivity index (χ0) is 22.4. The van der Waals surface area contributed by atoms with E-state index in [0.717, 1.165) is 12.8 Å². The van der Waals surface area contributed by atoms with E-state index in [1.807, 2.05) is 14.1 Å². The van der Waals surface area contributed by atoms with Gasteiger partial charge in [-0.25, -0.2) is 4.18 Å². The van der Waals surface area contributed by atoms with E-state index in [1.165, 1.54) is 96.8 Å². The van der Waals surface area contributed by atoms with Crippen LogP contribution in [0.4, 0.5) is 0 Å². The number of unbranched alkanes of at least 4 members (excludes halogenated alkanes) is 14. The Bertz CT molecular complexity index is 452. The van der Waals surface area contributed by atoms with E-state index in [4.69, 9.17) is 4.55 Å². The van der Waals surface area contributed by atoms with Gasteiger partial charge < -0.3 is 4.90 Å². The Balaban J connectivity index is 0. The molecule has 1 N–H and O–H groups in total. The number of rotatable bonds is 18. The first-order valence-electron chi connectivity index (χ1n) is 11.6. The van der Waals surface area contributed by atoms with Crippen molar-refractivity contribution in [3.05, 3.63) is 0 Å². The summed E-state index contributed by atoms with van der Waals surface area (Å²) in [5.74, 6) is 0.273. The zero-order valence-corrected chi connectivity index (χ0v) is 20.3. The number of carbonyl (C=O) groups excluding carboxylic acids is 1. The minimum absolute atomic E-state index is 0.0289. The van der Waals surface area contributed by atoms with Crippen molar-refractivity contribution < 1.29 is 21.9 Å². The van der Waals surface area contributed by atoms with E-state index < -0.39 is 10.4 Å². The Morgan fingerprint density at radius 1 is 0.724 bits per heavy atom. The molecule has 6 nitrogen and oxygen atoms in total. The summed E-state index contributed by atoms with van der Waals surface area (Å²) in [7, 11) is -0.493. The Hall–Kier alpha value is -0.660. The first-order chi connectivity index (χ1) is 13.7. The number of amides is 1. The highest BCUT2D eigenvalue weighted by molar-refractivity contribution is 7.80. The number of carbonyl (C=O) groups is 1. The van der Waals surface area contributed by atoms with Crippen molar-refractivity contribution in [2.24, 2.45) is 0 Å². The van der Waals surface area contributed by atoms with Gasteiger partial charge in [0.25, 0.3) is 0 Å². The average molecular weight is 438 g/mol. The fourth-order valence-electron chi connectivity index (χ4n) is 3.02. The molecule has 0 aliphatic heterocycles. The molecule has 7 heteroatoms. The summed E-state index contributed by atoms with van der Waals surface area (Å²) >= 11 is 0. The monoisotopic (exact) mass is 437 g/mol. The highest BCUT2D eigenvalue weighted by Gasteiger charge is 2.02. The lowest BCUT2D eigenvalue weighted by molar-refractivity contribution is -0.128. The molecule has 0 fully saturated rings. The highest BCUT2D eigenvalue weighted by Crippen LogP contribution is 2.13. The van der Waals surface area contributed by atoms with Gasteiger partial charge in [0.05, 0.1) is 6.61 Å². The van der Waals surface area contributed by atoms with Gasteiger partial charge in [-0.15, -0.1) is 0 Å². The van der Waals surface area contributed by atoms with Crippen LogP contribution < -0.4 is 0 Å². The first-order valence-corrected chi connectivity index (χ1v) is 12.9. The van der Waals surface area contributed by atoms with Crippen LogP contribution in [0.5, 0.6) is 0 Å². The molecular weight excluding hydrogens is 390 g/mol. The third kappa shape index (κ3) is 29.6. The van der Waals surface area contributed by atoms with Gasteiger partial charge in [0, 0.05) is 20.5 Å². The Morgan fingerprint density at radius 3 is 1.31 bits per heavy atom. The maximum absolute atomic E-state index is 11.4. The second-order valence-corrected chi connectivity index (χ2v) is 8.91. The molecule has 0 atom stereocenters. The predicted octanol–water partition coefficient (Wildman–Crippen LogP) is 6.16. The molecule has 0 unspecified atom stereocenters. The van der Waals surface area contributed by atoms with E-state index in [-0.39, 0.29) is 12.5 Å². The fourth-order valence-corrected chi connectivity index (χ4v) is 3.32. The van der Waals surface area contributed by atoms with Crippen molar-refractivity contribution in [1.82, 2.24) is 4.90 Å². The van der Waals surface area contributed by atoms with Crippen molar-refractivity contribution in [2.45, 2.75) is 117 Å². The van der Waals surface area contributed by atoms with E-state index in [9.17, 15) is 13.2 Å². The molecule has 0 bridgehead atoms. The van der Waals surface area contributed by atoms with Crippen LogP contribution >= 0.6 is 0 Å². The summed E-state index contributed by atoms with van der Waals surface area (Å²) < 4.78 is 30.7. The van der Waals surface area contributed by atoms with Gasteiger partial charge >= 0.3 is 10.4 Å². The second-order valence-electron chi connectivity index (χ2n) is 7.82. The molecule has 0 saturated carbocycles. The second kappa shape index (κ2) is 22.0. The van der Waals surface area contributed by atoms with Gasteiger partial charge in [-0.3, -0.25) is 9.35 Å². The minimum atomic E-state index is -4.17. The third-order valence-corrected chi connectivity index (χ3v) is 5.29. The largest absolute Gasteiger partial charge is 0.397 e. The lowest BCUT2D eigenvalue weighted by Gasteiger charge is -2.09. The van der Waals surface area contributed by atoms with Gasteiger partial charge in [-0.05, 0) is 13.3 Å². The lowest BCUT2D eigenvalue weighted by atomic mass is 10.0. The fraction of sp³-hybridized carbons (Fsp3) is 0.955. The Kier molecular flexibility index (Phi) is 23.2. The molecule has 1 amide bonds. The normalized spacial score (nSPS) is 11.1. The molecule has 0 heterocycles. The van der Waals surface area contributed by atoms with Crippen molar-refractivity contribution in [3.63, 3.8) is 0 Å². The first kappa shape index (κ1) is 30.5. The molecule has 0 aromatic carbocycles. The highest BCUT2D eigenvalue weighted by atomic mass is 32.3. The van der Waals surface area contributed by atoms with Crippen LogP contribution in [0.25, 0.3) is 0 Å². The van der Waals surface area contributed by atoms with E-state index in [1.54, 1.807) is 4.90 Å². The summed E-state index contributed by atoms with van der Waals surface area (Å²) in [4.78, 5) is 13.1. The lowest BCUT2D eigenvalue weighted by Crippen LogP contribution is -2.20. The third-order valence-electron chi connectivity index (χ3n) is 4.76. The van der Waals surface area contributed by atoms with Crippen molar-refractivity contribution >= 4 is 16.3 Å². The van der Waals surface area contributed by atoms with Gasteiger partial charge in [-0.2, -0.15) is 8.42 Å². The van der Waals surface area contributed by atoms with Crippen LogP contribution in [0.3, 0.4) is 0 Å². The summed E-state index contributed by atoms with van der Waals surface area (Å²) in [6.07, 6.45) is 21.3. The molecule has 0 saturated heterocycles. The number of hydrogen-bond donors (Lipinski definition) is 1. The van der Waals surface area contributed by atoms with Gasteiger partial charge in [0.2, 0.25) is 5.91 Å². The molecule has 0 aromatic heterocycles. The van der Waals surface area contributed by atoms with Gasteiger partial charge in [0.1, 0.15) is 0 Å². The van der Waals surface area contributed by atoms with Crippen molar-refractivity contribution in [2.75, 3.05) is 20.7 Å². The van der Waals surface area contributed by atoms with Crippen LogP contribution in [0.15, 0.2) is 0 Å².